The van der Waals surface area contributed by atoms with E-state index in [2.05, 4.69) is 4.99 Å². The van der Waals surface area contributed by atoms with Gasteiger partial charge in [0, 0.05) is 5.56 Å². The predicted molar refractivity (Wildman–Crippen MR) is 126 cm³/mol. The van der Waals surface area contributed by atoms with Gasteiger partial charge in [0.05, 0.1) is 38.0 Å². The van der Waals surface area contributed by atoms with Crippen molar-refractivity contribution in [1.82, 2.24) is 0 Å². The lowest BCUT2D eigenvalue weighted by Crippen LogP contribution is -2.12. The van der Waals surface area contributed by atoms with E-state index in [-0.39, 0.29) is 17.9 Å². The van der Waals surface area contributed by atoms with Gasteiger partial charge in [-0.25, -0.2) is 9.79 Å². The van der Waals surface area contributed by atoms with Crippen LogP contribution in [0.3, 0.4) is 0 Å². The summed E-state index contributed by atoms with van der Waals surface area (Å²) < 4.78 is 21.3. The molecule has 0 saturated heterocycles. The summed E-state index contributed by atoms with van der Waals surface area (Å²) in [4.78, 5) is 17.6. The lowest BCUT2D eigenvalue weighted by Gasteiger charge is -2.08. The first-order valence-electron chi connectivity index (χ1n) is 10.0. The average molecular weight is 456 g/mol. The molecule has 0 saturated carbocycles. The Hall–Kier alpha value is -3.39. The van der Waals surface area contributed by atoms with E-state index < -0.39 is 5.97 Å². The molecule has 0 spiro atoms. The molecule has 0 aliphatic carbocycles. The molecule has 3 rings (SSSR count). The van der Waals surface area contributed by atoms with Crippen LogP contribution in [0.2, 0.25) is 0 Å². The molecule has 0 radical (unpaired) electrons. The Labute approximate surface area is 191 Å². The third kappa shape index (κ3) is 5.26. The minimum Gasteiger partial charge on any atom is -0.506 e. The Bertz CT molecular complexity index is 1070. The summed E-state index contributed by atoms with van der Waals surface area (Å²) in [5, 5.41) is 11.2. The predicted octanol–water partition coefficient (Wildman–Crippen LogP) is 5.30. The van der Waals surface area contributed by atoms with Gasteiger partial charge in [0.25, 0.3) is 0 Å². The van der Waals surface area contributed by atoms with Crippen LogP contribution in [0.1, 0.15) is 19.4 Å². The Morgan fingerprint density at radius 2 is 1.75 bits per heavy atom. The van der Waals surface area contributed by atoms with Gasteiger partial charge in [0.1, 0.15) is 33.6 Å². The Balaban J connectivity index is 2.03. The van der Waals surface area contributed by atoms with E-state index in [1.165, 1.54) is 11.8 Å². The smallest absolute Gasteiger partial charge is 0.344 e. The molecule has 0 amide bonds. The number of aliphatic hydroxyl groups is 1. The number of carbonyl (C=O) groups excluding carboxylic acids is 1. The van der Waals surface area contributed by atoms with Crippen LogP contribution in [0.15, 0.2) is 63.7 Å². The van der Waals surface area contributed by atoms with Crippen molar-refractivity contribution >= 4 is 34.5 Å². The third-order valence-corrected chi connectivity index (χ3v) is 5.49. The summed E-state index contributed by atoms with van der Waals surface area (Å²) in [5.74, 6) is 1.13. The minimum atomic E-state index is -0.636. The van der Waals surface area contributed by atoms with Crippen LogP contribution in [0.4, 0.5) is 5.69 Å². The SMILES string of the molecule is CCOC(=O)C1=C(O)C(=Cc2cc(OC)ccc2OC)SC1=Nc1ccc(OCC)cc1. The normalized spacial score (nSPS) is 15.9. The van der Waals surface area contributed by atoms with E-state index >= 15 is 0 Å². The summed E-state index contributed by atoms with van der Waals surface area (Å²) in [6.45, 7) is 4.36. The second-order valence-electron chi connectivity index (χ2n) is 6.51. The molecule has 32 heavy (non-hydrogen) atoms. The number of aliphatic imine (C=N–C) groups is 1. The molecule has 1 aliphatic rings. The lowest BCUT2D eigenvalue weighted by atomic mass is 10.1. The number of benzene rings is 2. The highest BCUT2D eigenvalue weighted by Gasteiger charge is 2.33. The van der Waals surface area contributed by atoms with Crippen molar-refractivity contribution in [3.05, 3.63) is 64.3 Å². The van der Waals surface area contributed by atoms with Gasteiger partial charge in [0.15, 0.2) is 0 Å². The van der Waals surface area contributed by atoms with Gasteiger partial charge in [-0.15, -0.1) is 0 Å². The molecular formula is C24H25NO6S. The standard InChI is InChI=1S/C24H25NO6S/c1-5-30-17-9-7-16(8-10-17)25-23-21(24(27)31-6-2)22(26)20(32-23)14-15-13-18(28-3)11-12-19(15)29-4/h7-14,26H,5-6H2,1-4H3. The molecule has 2 aromatic carbocycles. The molecule has 0 aromatic heterocycles. The van der Waals surface area contributed by atoms with Crippen molar-refractivity contribution in [2.45, 2.75) is 13.8 Å². The van der Waals surface area contributed by atoms with Crippen molar-refractivity contribution in [3.63, 3.8) is 0 Å². The zero-order valence-corrected chi connectivity index (χ0v) is 19.2. The van der Waals surface area contributed by atoms with Gasteiger partial charge >= 0.3 is 5.97 Å². The highest BCUT2D eigenvalue weighted by molar-refractivity contribution is 8.18. The van der Waals surface area contributed by atoms with Crippen LogP contribution in [0.5, 0.6) is 17.2 Å². The number of esters is 1. The molecule has 0 fully saturated rings. The number of hydrogen-bond acceptors (Lipinski definition) is 8. The number of hydrogen-bond donors (Lipinski definition) is 1. The number of aliphatic hydroxyl groups excluding tert-OH is 1. The van der Waals surface area contributed by atoms with Crippen LogP contribution < -0.4 is 14.2 Å². The molecule has 1 aliphatic heterocycles. The van der Waals surface area contributed by atoms with Crippen molar-refractivity contribution in [2.24, 2.45) is 4.99 Å². The van der Waals surface area contributed by atoms with Crippen molar-refractivity contribution < 1.29 is 28.8 Å². The number of carbonyl (C=O) groups is 1. The molecule has 7 nitrogen and oxygen atoms in total. The Kier molecular flexibility index (Phi) is 7.83. The van der Waals surface area contributed by atoms with Crippen LogP contribution in [0, 0.1) is 0 Å². The summed E-state index contributed by atoms with van der Waals surface area (Å²) in [6, 6.07) is 12.5. The van der Waals surface area contributed by atoms with E-state index in [0.29, 0.717) is 39.3 Å². The number of ether oxygens (including phenoxy) is 4. The van der Waals surface area contributed by atoms with E-state index in [9.17, 15) is 9.90 Å². The van der Waals surface area contributed by atoms with E-state index in [1.807, 2.05) is 6.92 Å². The van der Waals surface area contributed by atoms with Gasteiger partial charge in [0.2, 0.25) is 0 Å². The molecule has 0 bridgehead atoms. The van der Waals surface area contributed by atoms with Crippen LogP contribution >= 0.6 is 11.8 Å². The van der Waals surface area contributed by atoms with E-state index in [1.54, 1.807) is 69.7 Å². The highest BCUT2D eigenvalue weighted by atomic mass is 32.2. The van der Waals surface area contributed by atoms with Gasteiger partial charge in [-0.2, -0.15) is 0 Å². The van der Waals surface area contributed by atoms with Crippen LogP contribution in [-0.4, -0.2) is 43.6 Å². The molecule has 8 heteroatoms. The first-order chi connectivity index (χ1) is 15.5. The molecule has 1 heterocycles. The minimum absolute atomic E-state index is 0.0267. The number of thioether (sulfide) groups is 1. The molecule has 2 aromatic rings. The maximum atomic E-state index is 12.6. The maximum absolute atomic E-state index is 12.6. The van der Waals surface area contributed by atoms with Crippen LogP contribution in [0.25, 0.3) is 6.08 Å². The molecule has 168 valence electrons. The zero-order valence-electron chi connectivity index (χ0n) is 18.4. The topological polar surface area (TPSA) is 86.6 Å². The van der Waals surface area contributed by atoms with Crippen LogP contribution in [-0.2, 0) is 9.53 Å². The van der Waals surface area contributed by atoms with Gasteiger partial charge in [-0.3, -0.25) is 0 Å². The summed E-state index contributed by atoms with van der Waals surface area (Å²) >= 11 is 1.18. The first kappa shape index (κ1) is 23.3. The van der Waals surface area contributed by atoms with E-state index in [0.717, 1.165) is 5.75 Å². The Morgan fingerprint density at radius 3 is 2.38 bits per heavy atom. The zero-order chi connectivity index (χ0) is 23.1. The average Bonchev–Trinajstić information content (AvgIpc) is 3.10. The monoisotopic (exact) mass is 455 g/mol. The maximum Gasteiger partial charge on any atom is 0.344 e. The fraction of sp³-hybridized carbons (Fsp3) is 0.250. The third-order valence-electron chi connectivity index (χ3n) is 4.47. The number of methoxy groups -OCH3 is 2. The van der Waals surface area contributed by atoms with Gasteiger partial charge in [-0.1, -0.05) is 11.8 Å². The first-order valence-corrected chi connectivity index (χ1v) is 10.9. The van der Waals surface area contributed by atoms with E-state index in [4.69, 9.17) is 18.9 Å². The molecule has 0 unspecified atom stereocenters. The summed E-state index contributed by atoms with van der Waals surface area (Å²) in [5.41, 5.74) is 1.33. The van der Waals surface area contributed by atoms with Gasteiger partial charge < -0.3 is 24.1 Å². The summed E-state index contributed by atoms with van der Waals surface area (Å²) in [7, 11) is 3.13. The van der Waals surface area contributed by atoms with Crippen molar-refractivity contribution in [2.75, 3.05) is 27.4 Å². The number of nitrogens with zero attached hydrogens (tertiary/aromatic N) is 1. The lowest BCUT2D eigenvalue weighted by molar-refractivity contribution is -0.138. The molecular weight excluding hydrogens is 430 g/mol. The largest absolute Gasteiger partial charge is 0.506 e. The highest BCUT2D eigenvalue weighted by Crippen LogP contribution is 2.41. The molecule has 0 atom stereocenters. The second-order valence-corrected chi connectivity index (χ2v) is 7.54. The number of rotatable bonds is 8. The summed E-state index contributed by atoms with van der Waals surface area (Å²) in [6.07, 6.45) is 1.72. The van der Waals surface area contributed by atoms with Gasteiger partial charge in [-0.05, 0) is 62.4 Å². The fourth-order valence-electron chi connectivity index (χ4n) is 2.99. The Morgan fingerprint density at radius 1 is 1.03 bits per heavy atom. The van der Waals surface area contributed by atoms with Crippen molar-refractivity contribution in [3.8, 4) is 17.2 Å². The quantitative estimate of drug-likeness (QED) is 0.541. The van der Waals surface area contributed by atoms with Crippen molar-refractivity contribution in [1.29, 1.82) is 0 Å². The molecule has 1 N–H and O–H groups in total. The fourth-order valence-corrected chi connectivity index (χ4v) is 4.01. The second kappa shape index (κ2) is 10.8.